The Hall–Kier alpha value is -1.19. The zero-order valence-electron chi connectivity index (χ0n) is 11.2. The number of nitro groups is 1. The van der Waals surface area contributed by atoms with Crippen molar-refractivity contribution >= 4 is 37.3 Å². The number of non-ortho nitro benzene ring substituents is 1. The van der Waals surface area contributed by atoms with Crippen molar-refractivity contribution in [3.8, 4) is 0 Å². The van der Waals surface area contributed by atoms with E-state index in [0.717, 1.165) is 19.4 Å². The van der Waals surface area contributed by atoms with Crippen LogP contribution in [0.2, 0.25) is 0 Å². The fraction of sp³-hybridized carbons (Fsp3) is 0.500. The molecule has 0 bridgehead atoms. The number of piperidine rings is 1. The highest BCUT2D eigenvalue weighted by Gasteiger charge is 2.22. The van der Waals surface area contributed by atoms with Crippen LogP contribution in [-0.4, -0.2) is 32.2 Å². The number of nitrogens with zero attached hydrogens (tertiary/aromatic N) is 1. The van der Waals surface area contributed by atoms with E-state index < -0.39 is 14.9 Å². The topological polar surface area (TPSA) is 101 Å². The summed E-state index contributed by atoms with van der Waals surface area (Å²) in [6, 6.07) is 3.93. The number of sulfonamides is 1. The third-order valence-corrected chi connectivity index (χ3v) is 5.38. The minimum absolute atomic E-state index is 0.0451. The Bertz CT molecular complexity index is 629. The summed E-state index contributed by atoms with van der Waals surface area (Å²) in [4.78, 5) is 10.1. The molecular formula is C12H16BrN3O4S. The lowest BCUT2D eigenvalue weighted by molar-refractivity contribution is -0.384. The molecule has 1 aromatic rings. The molecule has 1 aliphatic rings. The Morgan fingerprint density at radius 2 is 2.24 bits per heavy atom. The van der Waals surface area contributed by atoms with Crippen molar-refractivity contribution < 1.29 is 13.3 Å². The number of rotatable bonds is 5. The smallest absolute Gasteiger partial charge is 0.270 e. The molecule has 1 aromatic carbocycles. The van der Waals surface area contributed by atoms with Gasteiger partial charge in [0.2, 0.25) is 10.0 Å². The van der Waals surface area contributed by atoms with Gasteiger partial charge in [0, 0.05) is 16.6 Å². The van der Waals surface area contributed by atoms with Gasteiger partial charge in [0.25, 0.3) is 5.69 Å². The van der Waals surface area contributed by atoms with Gasteiger partial charge in [-0.3, -0.25) is 14.8 Å². The summed E-state index contributed by atoms with van der Waals surface area (Å²) in [7, 11) is -3.48. The molecule has 0 radical (unpaired) electrons. The van der Waals surface area contributed by atoms with Crippen molar-refractivity contribution in [1.29, 1.82) is 0 Å². The van der Waals surface area contributed by atoms with Crippen molar-refractivity contribution in [2.24, 2.45) is 5.92 Å². The van der Waals surface area contributed by atoms with E-state index in [0.29, 0.717) is 16.7 Å². The first-order valence-corrected chi connectivity index (χ1v) is 8.97. The SMILES string of the molecule is O=[N+]([O-])c1ccc(NS(=O)(=O)CC2CCCNC2)c(Br)c1. The van der Waals surface area contributed by atoms with Gasteiger partial charge in [-0.05, 0) is 53.8 Å². The van der Waals surface area contributed by atoms with Crippen molar-refractivity contribution in [3.05, 3.63) is 32.8 Å². The molecule has 0 amide bonds. The molecule has 0 saturated carbocycles. The van der Waals surface area contributed by atoms with E-state index in [-0.39, 0.29) is 17.4 Å². The summed E-state index contributed by atoms with van der Waals surface area (Å²) >= 11 is 3.15. The zero-order valence-corrected chi connectivity index (χ0v) is 13.6. The standard InChI is InChI=1S/C12H16BrN3O4S/c13-11-6-10(16(17)18)3-4-12(11)15-21(19,20)8-9-2-1-5-14-7-9/h3-4,6,9,14-15H,1-2,5,7-8H2. The Morgan fingerprint density at radius 1 is 1.48 bits per heavy atom. The monoisotopic (exact) mass is 377 g/mol. The normalized spacial score (nSPS) is 19.2. The molecule has 2 N–H and O–H groups in total. The highest BCUT2D eigenvalue weighted by atomic mass is 79.9. The van der Waals surface area contributed by atoms with Crippen molar-refractivity contribution in [2.75, 3.05) is 23.6 Å². The third kappa shape index (κ3) is 4.65. The van der Waals surface area contributed by atoms with Gasteiger partial charge in [-0.2, -0.15) is 0 Å². The second kappa shape index (κ2) is 6.71. The van der Waals surface area contributed by atoms with Gasteiger partial charge in [0.15, 0.2) is 0 Å². The van der Waals surface area contributed by atoms with Crippen molar-refractivity contribution in [3.63, 3.8) is 0 Å². The van der Waals surface area contributed by atoms with E-state index in [2.05, 4.69) is 26.0 Å². The van der Waals surface area contributed by atoms with Crippen LogP contribution in [0.25, 0.3) is 0 Å². The molecule has 1 fully saturated rings. The van der Waals surface area contributed by atoms with Crippen LogP contribution in [0.5, 0.6) is 0 Å². The van der Waals surface area contributed by atoms with E-state index >= 15 is 0 Å². The van der Waals surface area contributed by atoms with Gasteiger partial charge in [-0.25, -0.2) is 8.42 Å². The van der Waals surface area contributed by atoms with Crippen molar-refractivity contribution in [1.82, 2.24) is 5.32 Å². The summed E-state index contributed by atoms with van der Waals surface area (Å²) in [5, 5.41) is 13.8. The van der Waals surface area contributed by atoms with Crippen LogP contribution < -0.4 is 10.0 Å². The number of nitrogens with one attached hydrogen (secondary N) is 2. The summed E-state index contributed by atoms with van der Waals surface area (Å²) in [5.74, 6) is 0.136. The maximum Gasteiger partial charge on any atom is 0.270 e. The first-order chi connectivity index (χ1) is 9.87. The highest BCUT2D eigenvalue weighted by molar-refractivity contribution is 9.10. The molecular weight excluding hydrogens is 362 g/mol. The third-order valence-electron chi connectivity index (χ3n) is 3.28. The lowest BCUT2D eigenvalue weighted by atomic mass is 10.0. The maximum atomic E-state index is 12.1. The number of hydrogen-bond acceptors (Lipinski definition) is 5. The number of anilines is 1. The summed E-state index contributed by atoms with van der Waals surface area (Å²) in [5.41, 5.74) is 0.214. The predicted molar refractivity (Wildman–Crippen MR) is 83.8 cm³/mol. The van der Waals surface area contributed by atoms with E-state index in [9.17, 15) is 18.5 Å². The Labute approximate surface area is 131 Å². The molecule has 116 valence electrons. The van der Waals surface area contributed by atoms with Gasteiger partial charge in [0.05, 0.1) is 16.4 Å². The molecule has 1 saturated heterocycles. The fourth-order valence-corrected chi connectivity index (χ4v) is 4.38. The lowest BCUT2D eigenvalue weighted by Crippen LogP contribution is -2.35. The quantitative estimate of drug-likeness (QED) is 0.604. The number of benzene rings is 1. The van der Waals surface area contributed by atoms with Gasteiger partial charge < -0.3 is 5.32 Å². The Morgan fingerprint density at radius 3 is 2.81 bits per heavy atom. The second-order valence-corrected chi connectivity index (χ2v) is 7.64. The predicted octanol–water partition coefficient (Wildman–Crippen LogP) is 2.10. The van der Waals surface area contributed by atoms with Gasteiger partial charge in [0.1, 0.15) is 0 Å². The van der Waals surface area contributed by atoms with E-state index in [1.165, 1.54) is 18.2 Å². The molecule has 1 heterocycles. The second-order valence-electron chi connectivity index (χ2n) is 5.02. The molecule has 9 heteroatoms. The van der Waals surface area contributed by atoms with Crippen LogP contribution in [0.15, 0.2) is 22.7 Å². The molecule has 1 unspecified atom stereocenters. The molecule has 7 nitrogen and oxygen atoms in total. The molecule has 0 spiro atoms. The van der Waals surface area contributed by atoms with Crippen LogP contribution in [0.4, 0.5) is 11.4 Å². The molecule has 21 heavy (non-hydrogen) atoms. The number of hydrogen-bond donors (Lipinski definition) is 2. The first-order valence-electron chi connectivity index (χ1n) is 6.52. The molecule has 2 rings (SSSR count). The average Bonchev–Trinajstić information content (AvgIpc) is 2.41. The number of nitro benzene ring substituents is 1. The molecule has 1 aliphatic heterocycles. The molecule has 0 aliphatic carbocycles. The van der Waals surface area contributed by atoms with Crippen LogP contribution >= 0.6 is 15.9 Å². The Balaban J connectivity index is 2.07. The highest BCUT2D eigenvalue weighted by Crippen LogP contribution is 2.28. The Kier molecular flexibility index (Phi) is 5.17. The first kappa shape index (κ1) is 16.2. The van der Waals surface area contributed by atoms with E-state index in [1.807, 2.05) is 0 Å². The molecule has 0 aromatic heterocycles. The van der Waals surface area contributed by atoms with Crippen molar-refractivity contribution in [2.45, 2.75) is 12.8 Å². The van der Waals surface area contributed by atoms with E-state index in [1.54, 1.807) is 0 Å². The fourth-order valence-electron chi connectivity index (χ4n) is 2.29. The van der Waals surface area contributed by atoms with Crippen LogP contribution in [0, 0.1) is 16.0 Å². The lowest BCUT2D eigenvalue weighted by Gasteiger charge is -2.22. The maximum absolute atomic E-state index is 12.1. The zero-order chi connectivity index (χ0) is 15.5. The van der Waals surface area contributed by atoms with Gasteiger partial charge in [-0.1, -0.05) is 0 Å². The van der Waals surface area contributed by atoms with E-state index in [4.69, 9.17) is 0 Å². The average molecular weight is 378 g/mol. The van der Waals surface area contributed by atoms with Crippen LogP contribution in [0.1, 0.15) is 12.8 Å². The minimum atomic E-state index is -3.48. The largest absolute Gasteiger partial charge is 0.316 e. The number of halogens is 1. The minimum Gasteiger partial charge on any atom is -0.316 e. The molecule has 1 atom stereocenters. The van der Waals surface area contributed by atoms with Crippen LogP contribution in [-0.2, 0) is 10.0 Å². The summed E-state index contributed by atoms with van der Waals surface area (Å²) in [6.45, 7) is 1.63. The van der Waals surface area contributed by atoms with Gasteiger partial charge >= 0.3 is 0 Å². The van der Waals surface area contributed by atoms with Crippen LogP contribution in [0.3, 0.4) is 0 Å². The summed E-state index contributed by atoms with van der Waals surface area (Å²) in [6.07, 6.45) is 1.86. The van der Waals surface area contributed by atoms with Gasteiger partial charge in [-0.15, -0.1) is 0 Å². The summed E-state index contributed by atoms with van der Waals surface area (Å²) < 4.78 is 27.1.